The molecule has 1 atom stereocenters. The summed E-state index contributed by atoms with van der Waals surface area (Å²) < 4.78 is 28.8. The van der Waals surface area contributed by atoms with Gasteiger partial charge in [0.15, 0.2) is 0 Å². The van der Waals surface area contributed by atoms with Crippen LogP contribution in [0.25, 0.3) is 0 Å². The van der Waals surface area contributed by atoms with Crippen LogP contribution in [0.5, 0.6) is 0 Å². The minimum atomic E-state index is -1.74. The Labute approximate surface area is 64.6 Å². The number of hydrogen-bond acceptors (Lipinski definition) is 3. The maximum atomic E-state index is 9.01. The number of aliphatic hydroxyl groups excluding tert-OH is 2. The fourth-order valence-electron chi connectivity index (χ4n) is 0.550. The predicted octanol–water partition coefficient (Wildman–Crippen LogP) is 0.0662. The summed E-state index contributed by atoms with van der Waals surface area (Å²) >= 11 is 0. The van der Waals surface area contributed by atoms with Gasteiger partial charge in [-0.2, -0.15) is 0 Å². The van der Waals surface area contributed by atoms with Crippen LogP contribution in [0.15, 0.2) is 18.4 Å². The molecule has 0 radical (unpaired) electrons. The van der Waals surface area contributed by atoms with Crippen molar-refractivity contribution in [2.45, 2.75) is 13.2 Å². The van der Waals surface area contributed by atoms with Crippen LogP contribution in [0.4, 0.5) is 0 Å². The van der Waals surface area contributed by atoms with Crippen LogP contribution in [0, 0.1) is 0 Å². The van der Waals surface area contributed by atoms with Crippen molar-refractivity contribution in [2.75, 3.05) is 0 Å². The summed E-state index contributed by atoms with van der Waals surface area (Å²) in [5.74, 6) is 0. The summed E-state index contributed by atoms with van der Waals surface area (Å²) in [4.78, 5) is 3.38. The second-order valence-corrected chi connectivity index (χ2v) is 1.64. The molecule has 0 fully saturated rings. The first-order chi connectivity index (χ1) is 6.49. The van der Waals surface area contributed by atoms with E-state index in [4.69, 9.17) is 15.7 Å². The van der Waals surface area contributed by atoms with E-state index in [9.17, 15) is 0 Å². The number of rotatable bonds is 2. The van der Waals surface area contributed by atoms with Crippen molar-refractivity contribution < 1.29 is 15.7 Å². The molecule has 54 valence electrons. The average molecular weight is 143 g/mol. The molecule has 0 spiro atoms. The minimum absolute atomic E-state index is 0.0755. The molecule has 0 aliphatic carbocycles. The molecule has 1 aromatic heterocycles. The molecular formula is C7H9NO2. The van der Waals surface area contributed by atoms with E-state index in [1.54, 1.807) is 0 Å². The van der Waals surface area contributed by atoms with Crippen molar-refractivity contribution in [2.24, 2.45) is 0 Å². The lowest BCUT2D eigenvalue weighted by molar-refractivity contribution is 0.259. The van der Waals surface area contributed by atoms with Gasteiger partial charge >= 0.3 is 0 Å². The first-order valence-corrected chi connectivity index (χ1v) is 2.66. The summed E-state index contributed by atoms with van der Waals surface area (Å²) in [6.45, 7) is -2.32. The molecule has 0 saturated heterocycles. The van der Waals surface area contributed by atoms with Crippen molar-refractivity contribution in [3.63, 3.8) is 0 Å². The third-order valence-electron chi connectivity index (χ3n) is 1.05. The van der Waals surface area contributed by atoms with Gasteiger partial charge in [-0.05, 0) is 11.6 Å². The number of pyridine rings is 1. The second kappa shape index (κ2) is 3.29. The van der Waals surface area contributed by atoms with Gasteiger partial charge in [0.1, 0.15) is 0 Å². The minimum Gasteiger partial charge on any atom is -0.392 e. The van der Waals surface area contributed by atoms with Crippen LogP contribution in [0.3, 0.4) is 0 Å². The van der Waals surface area contributed by atoms with Gasteiger partial charge in [-0.25, -0.2) is 0 Å². The number of hydrogen-bond donors (Lipinski definition) is 2. The topological polar surface area (TPSA) is 53.4 Å². The van der Waals surface area contributed by atoms with E-state index in [0.717, 1.165) is 0 Å². The molecule has 1 heterocycles. The van der Waals surface area contributed by atoms with E-state index in [1.807, 2.05) is 0 Å². The van der Waals surface area contributed by atoms with Gasteiger partial charge in [-0.3, -0.25) is 4.98 Å². The zero-order chi connectivity index (χ0) is 10.9. The van der Waals surface area contributed by atoms with Crippen LogP contribution in [0.1, 0.15) is 16.6 Å². The summed E-state index contributed by atoms with van der Waals surface area (Å²) in [6.07, 6.45) is -0.858. The van der Waals surface area contributed by atoms with Gasteiger partial charge in [0.2, 0.25) is 0 Å². The van der Waals surface area contributed by atoms with Crippen LogP contribution in [-0.4, -0.2) is 15.2 Å². The maximum absolute atomic E-state index is 9.01. The molecule has 0 amide bonds. The van der Waals surface area contributed by atoms with E-state index >= 15 is 0 Å². The Bertz CT molecular complexity index is 356. The lowest BCUT2D eigenvalue weighted by atomic mass is 10.2. The first kappa shape index (κ1) is 3.46. The Morgan fingerprint density at radius 3 is 3.00 bits per heavy atom. The van der Waals surface area contributed by atoms with Crippen LogP contribution >= 0.6 is 0 Å². The number of aliphatic hydroxyl groups is 2. The second-order valence-electron chi connectivity index (χ2n) is 1.64. The zero-order valence-corrected chi connectivity index (χ0v) is 5.13. The molecule has 3 heteroatoms. The number of aromatic nitrogens is 1. The van der Waals surface area contributed by atoms with Crippen molar-refractivity contribution in [1.29, 1.82) is 0 Å². The molecule has 1 unspecified atom stereocenters. The molecule has 0 saturated carbocycles. The summed E-state index contributed by atoms with van der Waals surface area (Å²) in [5, 5.41) is 17.9. The highest BCUT2D eigenvalue weighted by atomic mass is 16.3. The molecule has 1 aromatic rings. The van der Waals surface area contributed by atoms with Gasteiger partial charge in [0.05, 0.1) is 18.7 Å². The lowest BCUT2D eigenvalue weighted by Crippen LogP contribution is -1.93. The van der Waals surface area contributed by atoms with E-state index in [-0.39, 0.29) is 17.3 Å². The Morgan fingerprint density at radius 1 is 1.60 bits per heavy atom. The number of nitrogens with zero attached hydrogens (tertiary/aromatic N) is 1. The SMILES string of the molecule is [2H]c1nc([2H])c(CO)c(C([2H])O)c1[2H]. The highest BCUT2D eigenvalue weighted by Gasteiger charge is 1.96. The Morgan fingerprint density at radius 2 is 2.40 bits per heavy atom. The maximum Gasteiger partial charge on any atom is 0.0844 e. The summed E-state index contributed by atoms with van der Waals surface area (Å²) in [7, 11) is 0. The van der Waals surface area contributed by atoms with Crippen molar-refractivity contribution in [1.82, 2.24) is 4.98 Å². The van der Waals surface area contributed by atoms with Crippen molar-refractivity contribution in [3.05, 3.63) is 29.5 Å². The molecule has 0 aliphatic heterocycles. The highest BCUT2D eigenvalue weighted by Crippen LogP contribution is 2.05. The lowest BCUT2D eigenvalue weighted by Gasteiger charge is -2.00. The third-order valence-corrected chi connectivity index (χ3v) is 1.05. The van der Waals surface area contributed by atoms with Gasteiger partial charge in [-0.15, -0.1) is 0 Å². The van der Waals surface area contributed by atoms with Gasteiger partial charge in [-0.1, -0.05) is 0 Å². The van der Waals surface area contributed by atoms with Crippen molar-refractivity contribution in [3.8, 4) is 0 Å². The van der Waals surface area contributed by atoms with E-state index in [1.165, 1.54) is 0 Å². The van der Waals surface area contributed by atoms with Gasteiger partial charge < -0.3 is 10.2 Å². The quantitative estimate of drug-likeness (QED) is 0.615. The van der Waals surface area contributed by atoms with E-state index in [0.29, 0.717) is 0 Å². The molecule has 3 nitrogen and oxygen atoms in total. The smallest absolute Gasteiger partial charge is 0.0844 e. The summed E-state index contributed by atoms with van der Waals surface area (Å²) in [6, 6.07) is -0.424. The Hall–Kier alpha value is -0.930. The van der Waals surface area contributed by atoms with E-state index in [2.05, 4.69) is 4.98 Å². The molecule has 2 N–H and O–H groups in total. The normalized spacial score (nSPS) is 18.6. The van der Waals surface area contributed by atoms with Crippen LogP contribution < -0.4 is 0 Å². The average Bonchev–Trinajstić information content (AvgIpc) is 2.10. The fraction of sp³-hybridized carbons (Fsp3) is 0.286. The standard InChI is InChI=1S/C7H9NO2/c9-4-6-1-2-8-3-7(6)5-10/h1-3,9-10H,4-5H2/i1D,2D,3D,4D. The zero-order valence-electron chi connectivity index (χ0n) is 9.13. The molecule has 1 rings (SSSR count). The highest BCUT2D eigenvalue weighted by molar-refractivity contribution is 5.21. The van der Waals surface area contributed by atoms with Crippen molar-refractivity contribution >= 4 is 0 Å². The first-order valence-electron chi connectivity index (χ1n) is 4.74. The third kappa shape index (κ3) is 1.32. The molecule has 10 heavy (non-hydrogen) atoms. The molecule has 0 aromatic carbocycles. The van der Waals surface area contributed by atoms with Gasteiger partial charge in [0, 0.05) is 17.9 Å². The molecular weight excluding hydrogens is 130 g/mol. The largest absolute Gasteiger partial charge is 0.392 e. The van der Waals surface area contributed by atoms with Crippen LogP contribution in [-0.2, 0) is 13.2 Å². The van der Waals surface area contributed by atoms with E-state index < -0.39 is 25.4 Å². The predicted molar refractivity (Wildman–Crippen MR) is 36.1 cm³/mol. The molecule has 0 bridgehead atoms. The Balaban J connectivity index is 3.48. The monoisotopic (exact) mass is 143 g/mol. The van der Waals surface area contributed by atoms with Crippen LogP contribution in [0.2, 0.25) is 0 Å². The summed E-state index contributed by atoms with van der Waals surface area (Å²) in [5.41, 5.74) is -0.300. The Kier molecular flexibility index (Phi) is 1.14. The van der Waals surface area contributed by atoms with Gasteiger partial charge in [0.25, 0.3) is 0 Å². The fourth-order valence-corrected chi connectivity index (χ4v) is 0.550. The molecule has 0 aliphatic rings.